The molecule has 0 radical (unpaired) electrons. The zero-order valence-corrected chi connectivity index (χ0v) is 10.8. The van der Waals surface area contributed by atoms with Crippen molar-refractivity contribution in [2.75, 3.05) is 6.54 Å². The molecule has 0 bridgehead atoms. The van der Waals surface area contributed by atoms with Crippen LogP contribution in [0.25, 0.3) is 0 Å². The van der Waals surface area contributed by atoms with Crippen LogP contribution in [0.1, 0.15) is 53.4 Å². The second-order valence-corrected chi connectivity index (χ2v) is 6.40. The summed E-state index contributed by atoms with van der Waals surface area (Å²) < 4.78 is 0. The van der Waals surface area contributed by atoms with Gasteiger partial charge in [-0.15, -0.1) is 0 Å². The van der Waals surface area contributed by atoms with Crippen molar-refractivity contribution in [1.29, 1.82) is 0 Å². The van der Waals surface area contributed by atoms with Crippen LogP contribution in [0.3, 0.4) is 0 Å². The molecule has 0 saturated heterocycles. The van der Waals surface area contributed by atoms with Crippen molar-refractivity contribution < 1.29 is 0 Å². The molecule has 90 valence electrons. The van der Waals surface area contributed by atoms with Crippen LogP contribution in [-0.4, -0.2) is 18.6 Å². The zero-order valence-electron chi connectivity index (χ0n) is 10.8. The van der Waals surface area contributed by atoms with E-state index < -0.39 is 0 Å². The molecular weight excluding hydrogens is 184 g/mol. The molecule has 2 atom stereocenters. The number of hydrogen-bond donors (Lipinski definition) is 2. The highest BCUT2D eigenvalue weighted by Crippen LogP contribution is 2.36. The molecular formula is C13H28N2. The van der Waals surface area contributed by atoms with Crippen molar-refractivity contribution >= 4 is 0 Å². The molecule has 1 aliphatic carbocycles. The van der Waals surface area contributed by atoms with E-state index in [2.05, 4.69) is 33.0 Å². The lowest BCUT2D eigenvalue weighted by atomic mass is 9.92. The fraction of sp³-hybridized carbons (Fsp3) is 1.00. The van der Waals surface area contributed by atoms with Crippen molar-refractivity contribution in [1.82, 2.24) is 5.32 Å². The average Bonchev–Trinajstić information content (AvgIpc) is 2.41. The highest BCUT2D eigenvalue weighted by atomic mass is 14.9. The van der Waals surface area contributed by atoms with Gasteiger partial charge in [0.2, 0.25) is 0 Å². The van der Waals surface area contributed by atoms with Crippen LogP contribution in [0.2, 0.25) is 0 Å². The van der Waals surface area contributed by atoms with Crippen LogP contribution >= 0.6 is 0 Å². The van der Waals surface area contributed by atoms with E-state index >= 15 is 0 Å². The van der Waals surface area contributed by atoms with Gasteiger partial charge in [-0.3, -0.25) is 0 Å². The molecule has 0 aromatic carbocycles. The number of rotatable bonds is 5. The Morgan fingerprint density at radius 1 is 1.40 bits per heavy atom. The summed E-state index contributed by atoms with van der Waals surface area (Å²) in [6, 6.07) is 1.03. The van der Waals surface area contributed by atoms with Gasteiger partial charge in [0.1, 0.15) is 0 Å². The van der Waals surface area contributed by atoms with Crippen molar-refractivity contribution in [3.8, 4) is 0 Å². The number of nitrogens with two attached hydrogens (primary N) is 1. The van der Waals surface area contributed by atoms with Crippen LogP contribution in [0.15, 0.2) is 0 Å². The number of hydrogen-bond acceptors (Lipinski definition) is 2. The fourth-order valence-corrected chi connectivity index (χ4v) is 2.62. The summed E-state index contributed by atoms with van der Waals surface area (Å²) in [5.74, 6) is 0.710. The maximum absolute atomic E-state index is 6.06. The average molecular weight is 212 g/mol. The summed E-state index contributed by atoms with van der Waals surface area (Å²) >= 11 is 0. The van der Waals surface area contributed by atoms with E-state index in [1.807, 2.05) is 0 Å². The highest BCUT2D eigenvalue weighted by Gasteiger charge is 2.30. The first-order valence-corrected chi connectivity index (χ1v) is 6.38. The lowest BCUT2D eigenvalue weighted by Gasteiger charge is -2.20. The summed E-state index contributed by atoms with van der Waals surface area (Å²) in [7, 11) is 0. The predicted molar refractivity (Wildman–Crippen MR) is 66.9 cm³/mol. The summed E-state index contributed by atoms with van der Waals surface area (Å²) in [6.07, 6.45) is 5.11. The molecule has 1 rings (SSSR count). The van der Waals surface area contributed by atoms with Crippen molar-refractivity contribution in [2.24, 2.45) is 17.1 Å². The Morgan fingerprint density at radius 3 is 2.53 bits per heavy atom. The van der Waals surface area contributed by atoms with Crippen molar-refractivity contribution in [3.05, 3.63) is 0 Å². The molecule has 1 aliphatic rings. The van der Waals surface area contributed by atoms with Gasteiger partial charge in [-0.25, -0.2) is 0 Å². The van der Waals surface area contributed by atoms with E-state index in [1.54, 1.807) is 0 Å². The SMILES string of the molecule is CC(C)CC(N)CNC1CCC(C)(C)C1. The van der Waals surface area contributed by atoms with Gasteiger partial charge >= 0.3 is 0 Å². The molecule has 0 aromatic heterocycles. The number of nitrogens with one attached hydrogen (secondary N) is 1. The molecule has 0 aromatic rings. The topological polar surface area (TPSA) is 38.0 Å². The molecule has 1 saturated carbocycles. The molecule has 3 N–H and O–H groups in total. The third kappa shape index (κ3) is 4.98. The molecule has 0 spiro atoms. The van der Waals surface area contributed by atoms with E-state index in [0.29, 0.717) is 23.4 Å². The first-order valence-electron chi connectivity index (χ1n) is 6.38. The molecule has 2 unspecified atom stereocenters. The van der Waals surface area contributed by atoms with Gasteiger partial charge < -0.3 is 11.1 Å². The first-order chi connectivity index (χ1) is 6.89. The first kappa shape index (κ1) is 13.0. The molecule has 1 fully saturated rings. The van der Waals surface area contributed by atoms with Gasteiger partial charge in [0.25, 0.3) is 0 Å². The zero-order chi connectivity index (χ0) is 11.5. The molecule has 2 heteroatoms. The molecule has 0 heterocycles. The van der Waals surface area contributed by atoms with Crippen LogP contribution in [0, 0.1) is 11.3 Å². The van der Waals surface area contributed by atoms with Gasteiger partial charge in [-0.05, 0) is 37.0 Å². The Labute approximate surface area is 95.0 Å². The third-order valence-electron chi connectivity index (χ3n) is 3.41. The maximum atomic E-state index is 6.06. The smallest absolute Gasteiger partial charge is 0.0167 e. The maximum Gasteiger partial charge on any atom is 0.0167 e. The Bertz CT molecular complexity index is 187. The van der Waals surface area contributed by atoms with Gasteiger partial charge in [0, 0.05) is 18.6 Å². The third-order valence-corrected chi connectivity index (χ3v) is 3.41. The van der Waals surface area contributed by atoms with E-state index in [9.17, 15) is 0 Å². The normalized spacial score (nSPS) is 27.2. The summed E-state index contributed by atoms with van der Waals surface area (Å²) in [6.45, 7) is 10.2. The highest BCUT2D eigenvalue weighted by molar-refractivity contribution is 4.87. The van der Waals surface area contributed by atoms with E-state index in [-0.39, 0.29) is 0 Å². The molecule has 0 amide bonds. The Hall–Kier alpha value is -0.0800. The molecule has 2 nitrogen and oxygen atoms in total. The summed E-state index contributed by atoms with van der Waals surface area (Å²) in [5, 5.41) is 3.62. The monoisotopic (exact) mass is 212 g/mol. The van der Waals surface area contributed by atoms with Gasteiger partial charge in [-0.2, -0.15) is 0 Å². The van der Waals surface area contributed by atoms with E-state index in [4.69, 9.17) is 5.73 Å². The van der Waals surface area contributed by atoms with Crippen LogP contribution in [0.5, 0.6) is 0 Å². The van der Waals surface area contributed by atoms with Crippen molar-refractivity contribution in [3.63, 3.8) is 0 Å². The predicted octanol–water partition coefficient (Wildman–Crippen LogP) is 2.53. The lowest BCUT2D eigenvalue weighted by molar-refractivity contribution is 0.358. The van der Waals surface area contributed by atoms with Crippen LogP contribution in [-0.2, 0) is 0 Å². The van der Waals surface area contributed by atoms with Gasteiger partial charge in [-0.1, -0.05) is 27.7 Å². The lowest BCUT2D eigenvalue weighted by Crippen LogP contribution is -2.39. The minimum Gasteiger partial charge on any atom is -0.327 e. The van der Waals surface area contributed by atoms with Crippen molar-refractivity contribution in [2.45, 2.75) is 65.5 Å². The molecule has 0 aliphatic heterocycles. The van der Waals surface area contributed by atoms with E-state index in [1.165, 1.54) is 19.3 Å². The summed E-state index contributed by atoms with van der Waals surface area (Å²) in [5.41, 5.74) is 6.60. The minimum absolute atomic E-state index is 0.328. The van der Waals surface area contributed by atoms with Gasteiger partial charge in [0.05, 0.1) is 0 Å². The quantitative estimate of drug-likeness (QED) is 0.735. The summed E-state index contributed by atoms with van der Waals surface area (Å²) in [4.78, 5) is 0. The van der Waals surface area contributed by atoms with Crippen LogP contribution in [0.4, 0.5) is 0 Å². The van der Waals surface area contributed by atoms with E-state index in [0.717, 1.165) is 13.0 Å². The Balaban J connectivity index is 2.15. The molecule has 15 heavy (non-hydrogen) atoms. The largest absolute Gasteiger partial charge is 0.327 e. The van der Waals surface area contributed by atoms with Gasteiger partial charge in [0.15, 0.2) is 0 Å². The Kier molecular flexibility index (Phi) is 4.60. The second kappa shape index (κ2) is 5.31. The minimum atomic E-state index is 0.328. The Morgan fingerprint density at radius 2 is 2.07 bits per heavy atom. The standard InChI is InChI=1S/C13H28N2/c1-10(2)7-11(14)9-15-12-5-6-13(3,4)8-12/h10-12,15H,5-9,14H2,1-4H3. The fourth-order valence-electron chi connectivity index (χ4n) is 2.62. The second-order valence-electron chi connectivity index (χ2n) is 6.40. The van der Waals surface area contributed by atoms with Crippen LogP contribution < -0.4 is 11.1 Å².